The molecule has 1 unspecified atom stereocenters. The van der Waals surface area contributed by atoms with Gasteiger partial charge in [0.05, 0.1) is 23.2 Å². The van der Waals surface area contributed by atoms with E-state index in [2.05, 4.69) is 4.98 Å². The zero-order chi connectivity index (χ0) is 13.1. The van der Waals surface area contributed by atoms with E-state index in [9.17, 15) is 0 Å². The normalized spacial score (nSPS) is 12.4. The van der Waals surface area contributed by atoms with Gasteiger partial charge in [-0.1, -0.05) is 17.7 Å². The van der Waals surface area contributed by atoms with Gasteiger partial charge in [0.1, 0.15) is 12.4 Å². The Kier molecular flexibility index (Phi) is 3.89. The summed E-state index contributed by atoms with van der Waals surface area (Å²) in [5.41, 5.74) is 7.77. The summed E-state index contributed by atoms with van der Waals surface area (Å²) in [4.78, 5) is 4.03. The molecule has 0 aliphatic carbocycles. The molecule has 0 aliphatic rings. The Morgan fingerprint density at radius 1 is 1.50 bits per heavy atom. The van der Waals surface area contributed by atoms with Crippen LogP contribution in [0.15, 0.2) is 30.7 Å². The Balaban J connectivity index is 2.08. The first kappa shape index (κ1) is 12.9. The molecule has 2 N–H and O–H groups in total. The fraction of sp³-hybridized carbons (Fsp3) is 0.308. The largest absolute Gasteiger partial charge is 0.486 e. The highest BCUT2D eigenvalue weighted by atomic mass is 35.5. The molecule has 0 bridgehead atoms. The standard InChI is InChI=1S/C13H16ClN3O/c1-9(15)10-3-4-13(12(14)5-10)18-7-11-6-16-8-17(11)2/h3-6,8-9H,7,15H2,1-2H3. The van der Waals surface area contributed by atoms with E-state index in [4.69, 9.17) is 22.1 Å². The third kappa shape index (κ3) is 2.83. The zero-order valence-electron chi connectivity index (χ0n) is 10.4. The number of rotatable bonds is 4. The number of halogens is 1. The SMILES string of the molecule is CC(N)c1ccc(OCc2cncn2C)c(Cl)c1. The lowest BCUT2D eigenvalue weighted by molar-refractivity contribution is 0.297. The first-order valence-corrected chi connectivity index (χ1v) is 6.08. The molecule has 5 heteroatoms. The molecular formula is C13H16ClN3O. The summed E-state index contributed by atoms with van der Waals surface area (Å²) in [6.45, 7) is 2.36. The number of hydrogen-bond donors (Lipinski definition) is 1. The Hall–Kier alpha value is -1.52. The van der Waals surface area contributed by atoms with Crippen LogP contribution in [-0.2, 0) is 13.7 Å². The van der Waals surface area contributed by atoms with Gasteiger partial charge in [0, 0.05) is 13.1 Å². The second-order valence-electron chi connectivity index (χ2n) is 4.26. The van der Waals surface area contributed by atoms with E-state index in [-0.39, 0.29) is 6.04 Å². The van der Waals surface area contributed by atoms with Gasteiger partial charge in [0.15, 0.2) is 0 Å². The number of aryl methyl sites for hydroxylation is 1. The number of imidazole rings is 1. The van der Waals surface area contributed by atoms with Crippen LogP contribution in [-0.4, -0.2) is 9.55 Å². The van der Waals surface area contributed by atoms with Gasteiger partial charge in [-0.25, -0.2) is 4.98 Å². The molecule has 0 saturated carbocycles. The van der Waals surface area contributed by atoms with Crippen molar-refractivity contribution in [3.63, 3.8) is 0 Å². The summed E-state index contributed by atoms with van der Waals surface area (Å²) in [7, 11) is 1.92. The summed E-state index contributed by atoms with van der Waals surface area (Å²) in [6, 6.07) is 5.57. The fourth-order valence-corrected chi connectivity index (χ4v) is 1.84. The summed E-state index contributed by atoms with van der Waals surface area (Å²) >= 11 is 6.15. The first-order chi connectivity index (χ1) is 8.58. The van der Waals surface area contributed by atoms with E-state index in [0.717, 1.165) is 11.3 Å². The van der Waals surface area contributed by atoms with Crippen molar-refractivity contribution in [3.8, 4) is 5.75 Å². The van der Waals surface area contributed by atoms with Gasteiger partial charge in [-0.3, -0.25) is 0 Å². The molecule has 0 saturated heterocycles. The third-order valence-electron chi connectivity index (χ3n) is 2.77. The predicted octanol–water partition coefficient (Wildman–Crippen LogP) is 2.67. The molecule has 0 aliphatic heterocycles. The number of aromatic nitrogens is 2. The van der Waals surface area contributed by atoms with Gasteiger partial charge >= 0.3 is 0 Å². The van der Waals surface area contributed by atoms with E-state index in [1.54, 1.807) is 12.5 Å². The molecular weight excluding hydrogens is 250 g/mol. The van der Waals surface area contributed by atoms with Crippen molar-refractivity contribution in [2.45, 2.75) is 19.6 Å². The molecule has 0 fully saturated rings. The lowest BCUT2D eigenvalue weighted by Crippen LogP contribution is -2.05. The van der Waals surface area contributed by atoms with Crippen molar-refractivity contribution in [1.82, 2.24) is 9.55 Å². The van der Waals surface area contributed by atoms with Crippen molar-refractivity contribution in [3.05, 3.63) is 47.0 Å². The Morgan fingerprint density at radius 3 is 2.83 bits per heavy atom. The number of nitrogens with two attached hydrogens (primary N) is 1. The maximum absolute atomic E-state index is 6.15. The van der Waals surface area contributed by atoms with E-state index in [1.807, 2.05) is 36.7 Å². The quantitative estimate of drug-likeness (QED) is 0.925. The zero-order valence-corrected chi connectivity index (χ0v) is 11.2. The van der Waals surface area contributed by atoms with Crippen molar-refractivity contribution >= 4 is 11.6 Å². The predicted molar refractivity (Wildman–Crippen MR) is 71.6 cm³/mol. The second-order valence-corrected chi connectivity index (χ2v) is 4.67. The Morgan fingerprint density at radius 2 is 2.28 bits per heavy atom. The van der Waals surface area contributed by atoms with Crippen LogP contribution in [0.5, 0.6) is 5.75 Å². The molecule has 0 radical (unpaired) electrons. The van der Waals surface area contributed by atoms with Crippen LogP contribution in [0.4, 0.5) is 0 Å². The van der Waals surface area contributed by atoms with Crippen molar-refractivity contribution in [2.75, 3.05) is 0 Å². The van der Waals surface area contributed by atoms with Gasteiger partial charge in [-0.2, -0.15) is 0 Å². The third-order valence-corrected chi connectivity index (χ3v) is 3.07. The van der Waals surface area contributed by atoms with E-state index >= 15 is 0 Å². The van der Waals surface area contributed by atoms with Crippen LogP contribution in [0.2, 0.25) is 5.02 Å². The molecule has 0 spiro atoms. The molecule has 2 aromatic rings. The lowest BCUT2D eigenvalue weighted by atomic mass is 10.1. The number of hydrogen-bond acceptors (Lipinski definition) is 3. The number of ether oxygens (including phenoxy) is 1. The average molecular weight is 266 g/mol. The van der Waals surface area contributed by atoms with Gasteiger partial charge in [0.2, 0.25) is 0 Å². The highest BCUT2D eigenvalue weighted by Gasteiger charge is 2.07. The van der Waals surface area contributed by atoms with Crippen LogP contribution in [0.1, 0.15) is 24.2 Å². The molecule has 0 amide bonds. The molecule has 96 valence electrons. The second kappa shape index (κ2) is 5.42. The van der Waals surface area contributed by atoms with Gasteiger partial charge in [0.25, 0.3) is 0 Å². The number of nitrogens with zero attached hydrogens (tertiary/aromatic N) is 2. The molecule has 1 atom stereocenters. The van der Waals surface area contributed by atoms with Crippen LogP contribution >= 0.6 is 11.6 Å². The highest BCUT2D eigenvalue weighted by molar-refractivity contribution is 6.32. The van der Waals surface area contributed by atoms with Crippen LogP contribution < -0.4 is 10.5 Å². The van der Waals surface area contributed by atoms with Gasteiger partial charge < -0.3 is 15.0 Å². The maximum Gasteiger partial charge on any atom is 0.138 e. The van der Waals surface area contributed by atoms with Crippen LogP contribution in [0.25, 0.3) is 0 Å². The van der Waals surface area contributed by atoms with E-state index in [1.165, 1.54) is 0 Å². The molecule has 18 heavy (non-hydrogen) atoms. The minimum Gasteiger partial charge on any atom is -0.486 e. The molecule has 1 aromatic carbocycles. The Bertz CT molecular complexity index is 537. The average Bonchev–Trinajstić information content (AvgIpc) is 2.73. The summed E-state index contributed by atoms with van der Waals surface area (Å²) in [6.07, 6.45) is 3.50. The minimum atomic E-state index is -0.0337. The smallest absolute Gasteiger partial charge is 0.138 e. The molecule has 1 heterocycles. The highest BCUT2D eigenvalue weighted by Crippen LogP contribution is 2.27. The molecule has 2 rings (SSSR count). The van der Waals surface area contributed by atoms with Crippen LogP contribution in [0, 0.1) is 0 Å². The molecule has 4 nitrogen and oxygen atoms in total. The van der Waals surface area contributed by atoms with Crippen LogP contribution in [0.3, 0.4) is 0 Å². The van der Waals surface area contributed by atoms with Crippen molar-refractivity contribution in [1.29, 1.82) is 0 Å². The van der Waals surface area contributed by atoms with E-state index < -0.39 is 0 Å². The summed E-state index contributed by atoms with van der Waals surface area (Å²) < 4.78 is 7.57. The number of benzene rings is 1. The fourth-order valence-electron chi connectivity index (χ4n) is 1.59. The van der Waals surface area contributed by atoms with Crippen molar-refractivity contribution in [2.24, 2.45) is 12.8 Å². The van der Waals surface area contributed by atoms with Crippen molar-refractivity contribution < 1.29 is 4.74 Å². The monoisotopic (exact) mass is 265 g/mol. The summed E-state index contributed by atoms with van der Waals surface area (Å²) in [5, 5.41) is 0.576. The Labute approximate surface area is 111 Å². The molecule has 1 aromatic heterocycles. The maximum atomic E-state index is 6.15. The lowest BCUT2D eigenvalue weighted by Gasteiger charge is -2.11. The minimum absolute atomic E-state index is 0.0337. The van der Waals surface area contributed by atoms with Gasteiger partial charge in [-0.15, -0.1) is 0 Å². The van der Waals surface area contributed by atoms with E-state index in [0.29, 0.717) is 17.4 Å². The first-order valence-electron chi connectivity index (χ1n) is 5.71. The summed E-state index contributed by atoms with van der Waals surface area (Å²) in [5.74, 6) is 0.655. The topological polar surface area (TPSA) is 53.1 Å². The van der Waals surface area contributed by atoms with Gasteiger partial charge in [-0.05, 0) is 24.6 Å².